The molecule has 1 N–H and O–H groups in total. The van der Waals surface area contributed by atoms with Gasteiger partial charge in [0.15, 0.2) is 0 Å². The average Bonchev–Trinajstić information content (AvgIpc) is 2.39. The molecular weight excluding hydrogens is 196 g/mol. The maximum atomic E-state index is 10.3. The molecule has 0 amide bonds. The molecule has 1 fully saturated rings. The van der Waals surface area contributed by atoms with Crippen LogP contribution in [0.15, 0.2) is 30.3 Å². The highest BCUT2D eigenvalue weighted by Crippen LogP contribution is 2.36. The Labute approximate surface area is 98.5 Å². The van der Waals surface area contributed by atoms with Crippen LogP contribution in [0.1, 0.15) is 50.7 Å². The Kier molecular flexibility index (Phi) is 4.00. The molecule has 88 valence electrons. The summed E-state index contributed by atoms with van der Waals surface area (Å²) in [5.41, 5.74) is 1.07. The molecule has 0 bridgehead atoms. The van der Waals surface area contributed by atoms with Crippen LogP contribution < -0.4 is 0 Å². The Morgan fingerprint density at radius 2 is 1.69 bits per heavy atom. The van der Waals surface area contributed by atoms with E-state index in [2.05, 4.69) is 6.92 Å². The van der Waals surface area contributed by atoms with Crippen molar-refractivity contribution in [2.75, 3.05) is 0 Å². The van der Waals surface area contributed by atoms with Gasteiger partial charge in [-0.25, -0.2) is 0 Å². The van der Waals surface area contributed by atoms with Crippen LogP contribution >= 0.6 is 0 Å². The predicted octanol–water partition coefficient (Wildman–Crippen LogP) is 3.94. The molecule has 1 heteroatoms. The lowest BCUT2D eigenvalue weighted by atomic mass is 9.77. The Bertz CT molecular complexity index is 300. The normalized spacial score (nSPS) is 21.6. The summed E-state index contributed by atoms with van der Waals surface area (Å²) >= 11 is 0. The van der Waals surface area contributed by atoms with Crippen molar-refractivity contribution in [1.29, 1.82) is 0 Å². The van der Waals surface area contributed by atoms with Crippen LogP contribution in [0.25, 0.3) is 0 Å². The smallest absolute Gasteiger partial charge is 0.0818 e. The van der Waals surface area contributed by atoms with E-state index in [0.29, 0.717) is 11.8 Å². The zero-order valence-electron chi connectivity index (χ0n) is 10.1. The molecule has 0 aromatic heterocycles. The van der Waals surface area contributed by atoms with E-state index in [-0.39, 0.29) is 6.10 Å². The molecule has 1 aliphatic carbocycles. The van der Waals surface area contributed by atoms with Crippen LogP contribution in [0.3, 0.4) is 0 Å². The first kappa shape index (κ1) is 11.7. The molecule has 1 saturated carbocycles. The lowest BCUT2D eigenvalue weighted by Crippen LogP contribution is -2.21. The van der Waals surface area contributed by atoms with Crippen molar-refractivity contribution in [3.05, 3.63) is 35.9 Å². The number of hydrogen-bond donors (Lipinski definition) is 1. The third-order valence-electron chi connectivity index (χ3n) is 4.03. The fourth-order valence-electron chi connectivity index (χ4n) is 2.87. The van der Waals surface area contributed by atoms with Crippen LogP contribution in [0.4, 0.5) is 0 Å². The Morgan fingerprint density at radius 1 is 1.06 bits per heavy atom. The van der Waals surface area contributed by atoms with E-state index in [1.165, 1.54) is 32.1 Å². The van der Waals surface area contributed by atoms with E-state index >= 15 is 0 Å². The SMILES string of the molecule is CC(C1CCCCC1)C(O)c1ccccc1. The van der Waals surface area contributed by atoms with Crippen LogP contribution in [0.2, 0.25) is 0 Å². The summed E-state index contributed by atoms with van der Waals surface area (Å²) in [6, 6.07) is 10.1. The Morgan fingerprint density at radius 3 is 2.31 bits per heavy atom. The topological polar surface area (TPSA) is 20.2 Å². The third-order valence-corrected chi connectivity index (χ3v) is 4.03. The van der Waals surface area contributed by atoms with Gasteiger partial charge < -0.3 is 5.11 Å². The van der Waals surface area contributed by atoms with E-state index in [4.69, 9.17) is 0 Å². The van der Waals surface area contributed by atoms with Crippen molar-refractivity contribution in [1.82, 2.24) is 0 Å². The first-order valence-corrected chi connectivity index (χ1v) is 6.52. The highest BCUT2D eigenvalue weighted by Gasteiger charge is 2.26. The monoisotopic (exact) mass is 218 g/mol. The van der Waals surface area contributed by atoms with Gasteiger partial charge in [0.25, 0.3) is 0 Å². The fraction of sp³-hybridized carbons (Fsp3) is 0.600. The third kappa shape index (κ3) is 2.65. The molecular formula is C15H22O. The minimum atomic E-state index is -0.288. The lowest BCUT2D eigenvalue weighted by Gasteiger charge is -2.31. The molecule has 0 heterocycles. The molecule has 0 spiro atoms. The lowest BCUT2D eigenvalue weighted by molar-refractivity contribution is 0.0685. The van der Waals surface area contributed by atoms with E-state index < -0.39 is 0 Å². The Hall–Kier alpha value is -0.820. The highest BCUT2D eigenvalue weighted by atomic mass is 16.3. The molecule has 1 nitrogen and oxygen atoms in total. The second kappa shape index (κ2) is 5.49. The van der Waals surface area contributed by atoms with Gasteiger partial charge in [0.2, 0.25) is 0 Å². The number of benzene rings is 1. The second-order valence-electron chi connectivity index (χ2n) is 5.11. The van der Waals surface area contributed by atoms with Crippen molar-refractivity contribution in [2.45, 2.75) is 45.1 Å². The van der Waals surface area contributed by atoms with Crippen molar-refractivity contribution < 1.29 is 5.11 Å². The molecule has 2 unspecified atom stereocenters. The summed E-state index contributed by atoms with van der Waals surface area (Å²) in [7, 11) is 0. The number of aliphatic hydroxyl groups is 1. The van der Waals surface area contributed by atoms with Gasteiger partial charge in [0.05, 0.1) is 6.10 Å². The van der Waals surface area contributed by atoms with Crippen LogP contribution in [-0.4, -0.2) is 5.11 Å². The van der Waals surface area contributed by atoms with Crippen LogP contribution in [0, 0.1) is 11.8 Å². The second-order valence-corrected chi connectivity index (χ2v) is 5.11. The van der Waals surface area contributed by atoms with Crippen molar-refractivity contribution >= 4 is 0 Å². The molecule has 1 aromatic rings. The van der Waals surface area contributed by atoms with Crippen LogP contribution in [-0.2, 0) is 0 Å². The van der Waals surface area contributed by atoms with Gasteiger partial charge >= 0.3 is 0 Å². The summed E-state index contributed by atoms with van der Waals surface area (Å²) in [6.07, 6.45) is 6.37. The van der Waals surface area contributed by atoms with Gasteiger partial charge in [-0.2, -0.15) is 0 Å². The molecule has 0 saturated heterocycles. The number of rotatable bonds is 3. The van der Waals surface area contributed by atoms with Crippen molar-refractivity contribution in [2.24, 2.45) is 11.8 Å². The van der Waals surface area contributed by atoms with E-state index in [1.54, 1.807) is 0 Å². The average molecular weight is 218 g/mol. The van der Waals surface area contributed by atoms with Gasteiger partial charge in [-0.3, -0.25) is 0 Å². The molecule has 1 aliphatic rings. The summed E-state index contributed by atoms with van der Waals surface area (Å²) in [5, 5.41) is 10.3. The molecule has 2 rings (SSSR count). The minimum Gasteiger partial charge on any atom is -0.388 e. The van der Waals surface area contributed by atoms with Gasteiger partial charge in [-0.05, 0) is 17.4 Å². The fourth-order valence-corrected chi connectivity index (χ4v) is 2.87. The standard InChI is InChI=1S/C15H22O/c1-12(13-8-4-2-5-9-13)15(16)14-10-6-3-7-11-14/h3,6-7,10-13,15-16H,2,4-5,8-9H2,1H3. The van der Waals surface area contributed by atoms with Gasteiger partial charge in [-0.15, -0.1) is 0 Å². The maximum Gasteiger partial charge on any atom is 0.0818 e. The molecule has 16 heavy (non-hydrogen) atoms. The van der Waals surface area contributed by atoms with E-state index in [0.717, 1.165) is 5.56 Å². The number of aliphatic hydroxyl groups excluding tert-OH is 1. The van der Waals surface area contributed by atoms with Crippen molar-refractivity contribution in [3.8, 4) is 0 Å². The molecule has 0 aliphatic heterocycles. The molecule has 0 radical (unpaired) electrons. The minimum absolute atomic E-state index is 0.288. The van der Waals surface area contributed by atoms with Crippen LogP contribution in [0.5, 0.6) is 0 Å². The highest BCUT2D eigenvalue weighted by molar-refractivity contribution is 5.18. The summed E-state index contributed by atoms with van der Waals surface area (Å²) in [6.45, 7) is 2.20. The van der Waals surface area contributed by atoms with Gasteiger partial charge in [0, 0.05) is 0 Å². The first-order valence-electron chi connectivity index (χ1n) is 6.52. The number of hydrogen-bond acceptors (Lipinski definition) is 1. The summed E-state index contributed by atoms with van der Waals surface area (Å²) < 4.78 is 0. The Balaban J connectivity index is 2.00. The summed E-state index contributed by atoms with van der Waals surface area (Å²) in [4.78, 5) is 0. The first-order chi connectivity index (χ1) is 7.79. The molecule has 1 aromatic carbocycles. The van der Waals surface area contributed by atoms with E-state index in [1.807, 2.05) is 30.3 Å². The maximum absolute atomic E-state index is 10.3. The van der Waals surface area contributed by atoms with Gasteiger partial charge in [-0.1, -0.05) is 69.4 Å². The van der Waals surface area contributed by atoms with Gasteiger partial charge in [0.1, 0.15) is 0 Å². The quantitative estimate of drug-likeness (QED) is 0.814. The van der Waals surface area contributed by atoms with Crippen molar-refractivity contribution in [3.63, 3.8) is 0 Å². The summed E-state index contributed by atoms with van der Waals surface area (Å²) in [5.74, 6) is 1.10. The zero-order chi connectivity index (χ0) is 11.4. The zero-order valence-corrected chi connectivity index (χ0v) is 10.1. The largest absolute Gasteiger partial charge is 0.388 e. The predicted molar refractivity (Wildman–Crippen MR) is 67.1 cm³/mol. The van der Waals surface area contributed by atoms with E-state index in [9.17, 15) is 5.11 Å². The molecule has 2 atom stereocenters.